The molecule has 0 fully saturated rings. The van der Waals surface area contributed by atoms with Gasteiger partial charge in [-0.2, -0.15) is 0 Å². The van der Waals surface area contributed by atoms with Gasteiger partial charge in [-0.25, -0.2) is 0 Å². The first-order valence-corrected chi connectivity index (χ1v) is 9.35. The van der Waals surface area contributed by atoms with Gasteiger partial charge < -0.3 is 1.43 Å². The SMILES string of the molecule is [Cl][Ti]([Cl])([Cl])[Cl].[H-].[Na+]. The molecule has 0 rings (SSSR count). The van der Waals surface area contributed by atoms with Crippen LogP contribution in [-0.4, -0.2) is 0 Å². The number of rotatable bonds is 0. The molecule has 0 atom stereocenters. The Bertz CT molecular complexity index is 27.2. The van der Waals surface area contributed by atoms with Crippen LogP contribution in [0.5, 0.6) is 0 Å². The van der Waals surface area contributed by atoms with Gasteiger partial charge in [-0.3, -0.25) is 0 Å². The first-order valence-electron chi connectivity index (χ1n) is 0.756. The zero-order chi connectivity index (χ0) is 4.50. The molecular weight excluding hydrogens is 213 g/mol. The average Bonchev–Trinajstić information content (AvgIpc) is 0.722. The Kier molecular flexibility index (Phi) is 9.17. The van der Waals surface area contributed by atoms with E-state index >= 15 is 0 Å². The van der Waals surface area contributed by atoms with Gasteiger partial charge in [0, 0.05) is 0 Å². The van der Waals surface area contributed by atoms with Crippen LogP contribution in [0.15, 0.2) is 0 Å². The molecular formula is HCl4NaTi. The topological polar surface area (TPSA) is 0 Å². The summed E-state index contributed by atoms with van der Waals surface area (Å²) in [6, 6.07) is 0. The molecule has 0 unspecified atom stereocenters. The summed E-state index contributed by atoms with van der Waals surface area (Å²) in [7, 11) is 20.1. The molecule has 0 saturated heterocycles. The van der Waals surface area contributed by atoms with Crippen LogP contribution in [0.25, 0.3) is 0 Å². The van der Waals surface area contributed by atoms with Crippen LogP contribution in [0.1, 0.15) is 1.43 Å². The fourth-order valence-corrected chi connectivity index (χ4v) is 0. The molecule has 0 N–H and O–H groups in total. The van der Waals surface area contributed by atoms with E-state index in [1.54, 1.807) is 0 Å². The second kappa shape index (κ2) is 4.72. The number of hydrogen-bond acceptors (Lipinski definition) is 0. The van der Waals surface area contributed by atoms with Gasteiger partial charge in [0.05, 0.1) is 0 Å². The molecule has 0 nitrogen and oxygen atoms in total. The van der Waals surface area contributed by atoms with E-state index < -0.39 is 12.3 Å². The maximum Gasteiger partial charge on any atom is 1.00 e. The molecule has 0 aromatic heterocycles. The summed E-state index contributed by atoms with van der Waals surface area (Å²) in [4.78, 5) is 0. The number of halogens is 4. The van der Waals surface area contributed by atoms with Crippen molar-refractivity contribution >= 4 is 37.2 Å². The maximum atomic E-state index is 5.01. The molecule has 0 amide bonds. The summed E-state index contributed by atoms with van der Waals surface area (Å²) in [5.74, 6) is 0. The van der Waals surface area contributed by atoms with Gasteiger partial charge in [-0.15, -0.1) is 0 Å². The largest absolute Gasteiger partial charge is 1.00 e. The predicted molar refractivity (Wildman–Crippen MR) is 24.5 cm³/mol. The van der Waals surface area contributed by atoms with Crippen LogP contribution < -0.4 is 29.6 Å². The third kappa shape index (κ3) is 28.7. The van der Waals surface area contributed by atoms with E-state index in [-0.39, 0.29) is 31.0 Å². The van der Waals surface area contributed by atoms with Gasteiger partial charge in [0.25, 0.3) is 0 Å². The summed E-state index contributed by atoms with van der Waals surface area (Å²) in [5.41, 5.74) is 0. The van der Waals surface area contributed by atoms with Crippen molar-refractivity contribution in [2.75, 3.05) is 0 Å². The molecule has 6 heteroatoms. The molecule has 0 spiro atoms. The van der Waals surface area contributed by atoms with Crippen molar-refractivity contribution in [2.24, 2.45) is 0 Å². The Morgan fingerprint density at radius 3 is 1.00 bits per heavy atom. The van der Waals surface area contributed by atoms with E-state index in [4.69, 9.17) is 37.2 Å². The minimum atomic E-state index is -3.11. The molecule has 0 aliphatic rings. The Morgan fingerprint density at radius 2 is 1.00 bits per heavy atom. The quantitative estimate of drug-likeness (QED) is 0.492. The molecule has 0 bridgehead atoms. The first kappa shape index (κ1) is 11.6. The van der Waals surface area contributed by atoms with Crippen molar-refractivity contribution in [1.29, 1.82) is 0 Å². The van der Waals surface area contributed by atoms with Crippen molar-refractivity contribution in [2.45, 2.75) is 0 Å². The molecule has 0 saturated carbocycles. The molecule has 0 aromatic carbocycles. The smallest absolute Gasteiger partial charge is 1.00 e. The van der Waals surface area contributed by atoms with Gasteiger partial charge in [-0.05, 0) is 0 Å². The van der Waals surface area contributed by atoms with E-state index in [0.29, 0.717) is 0 Å². The van der Waals surface area contributed by atoms with Crippen molar-refractivity contribution in [3.63, 3.8) is 0 Å². The minimum Gasteiger partial charge on any atom is -1.00 e. The van der Waals surface area contributed by atoms with E-state index in [9.17, 15) is 0 Å². The van der Waals surface area contributed by atoms with Crippen LogP contribution in [0.2, 0.25) is 0 Å². The van der Waals surface area contributed by atoms with Crippen molar-refractivity contribution < 1.29 is 43.3 Å². The summed E-state index contributed by atoms with van der Waals surface area (Å²) in [5, 5.41) is 0. The van der Waals surface area contributed by atoms with Gasteiger partial charge >= 0.3 is 79.1 Å². The van der Waals surface area contributed by atoms with Crippen molar-refractivity contribution in [3.8, 4) is 0 Å². The van der Waals surface area contributed by atoms with Crippen LogP contribution in [0, 0.1) is 0 Å². The van der Waals surface area contributed by atoms with Crippen LogP contribution in [0.3, 0.4) is 0 Å². The van der Waals surface area contributed by atoms with Crippen molar-refractivity contribution in [3.05, 3.63) is 0 Å². The fourth-order valence-electron chi connectivity index (χ4n) is 0. The third-order valence-corrected chi connectivity index (χ3v) is 0. The molecule has 0 radical (unpaired) electrons. The fraction of sp³-hybridized carbons (Fsp3) is 0. The van der Waals surface area contributed by atoms with E-state index in [0.717, 1.165) is 0 Å². The average molecular weight is 214 g/mol. The minimum absolute atomic E-state index is 0. The zero-order valence-corrected chi connectivity index (χ0v) is 9.60. The summed E-state index contributed by atoms with van der Waals surface area (Å²) >= 11 is -3.11. The molecule has 0 aromatic rings. The Balaban J connectivity index is -0.0000000800. The van der Waals surface area contributed by atoms with Gasteiger partial charge in [0.15, 0.2) is 0 Å². The van der Waals surface area contributed by atoms with Crippen molar-refractivity contribution in [1.82, 2.24) is 0 Å². The maximum absolute atomic E-state index is 5.01. The Labute approximate surface area is 79.1 Å². The second-order valence-electron chi connectivity index (χ2n) is 0.429. The Hall–Kier alpha value is 2.87. The standard InChI is InChI=1S/4ClH.Na.Ti.H/h4*1H;;;/q;;;;+1;+4;-1/p-4. The second-order valence-corrected chi connectivity index (χ2v) is 15.9. The van der Waals surface area contributed by atoms with Crippen LogP contribution in [-0.2, 0) is 12.3 Å². The van der Waals surface area contributed by atoms with Gasteiger partial charge in [-0.1, -0.05) is 0 Å². The molecule has 34 valence electrons. The zero-order valence-electron chi connectivity index (χ0n) is 4.01. The first-order chi connectivity index (χ1) is 2.00. The summed E-state index contributed by atoms with van der Waals surface area (Å²) in [6.45, 7) is 0. The van der Waals surface area contributed by atoms with Crippen LogP contribution >= 0.6 is 37.2 Å². The molecule has 6 heavy (non-hydrogen) atoms. The van der Waals surface area contributed by atoms with E-state index in [2.05, 4.69) is 0 Å². The third-order valence-electron chi connectivity index (χ3n) is 0. The summed E-state index contributed by atoms with van der Waals surface area (Å²) < 4.78 is 0. The van der Waals surface area contributed by atoms with Gasteiger partial charge in [0.1, 0.15) is 0 Å². The van der Waals surface area contributed by atoms with E-state index in [1.807, 2.05) is 0 Å². The summed E-state index contributed by atoms with van der Waals surface area (Å²) in [6.07, 6.45) is 0. The van der Waals surface area contributed by atoms with Gasteiger partial charge in [0.2, 0.25) is 0 Å². The Morgan fingerprint density at radius 1 is 1.00 bits per heavy atom. The molecule has 0 aliphatic heterocycles. The number of hydrogen-bond donors (Lipinski definition) is 0. The monoisotopic (exact) mass is 212 g/mol. The normalized spacial score (nSPS) is 10.0. The molecule has 0 heterocycles. The van der Waals surface area contributed by atoms with E-state index in [1.165, 1.54) is 0 Å². The molecule has 0 aliphatic carbocycles. The predicted octanol–water partition coefficient (Wildman–Crippen LogP) is -0.128. The van der Waals surface area contributed by atoms with Crippen LogP contribution in [0.4, 0.5) is 0 Å².